The second-order valence-electron chi connectivity index (χ2n) is 2.94. The molecule has 78 valence electrons. The zero-order valence-electron chi connectivity index (χ0n) is 8.57. The first kappa shape index (κ1) is 11.1. The van der Waals surface area contributed by atoms with Crippen molar-refractivity contribution >= 4 is 5.97 Å². The molecule has 0 heterocycles. The van der Waals surface area contributed by atoms with E-state index in [1.54, 1.807) is 6.92 Å². The van der Waals surface area contributed by atoms with Gasteiger partial charge in [-0.1, -0.05) is 6.92 Å². The van der Waals surface area contributed by atoms with E-state index in [1.807, 2.05) is 6.07 Å². The Bertz CT molecular complexity index is 432. The Labute approximate surface area is 87.7 Å². The summed E-state index contributed by atoms with van der Waals surface area (Å²) >= 11 is 0. The van der Waals surface area contributed by atoms with E-state index in [2.05, 4.69) is 4.74 Å². The van der Waals surface area contributed by atoms with E-state index in [0.717, 1.165) is 0 Å². The molecule has 4 nitrogen and oxygen atoms in total. The summed E-state index contributed by atoms with van der Waals surface area (Å²) < 4.78 is 4.55. The highest BCUT2D eigenvalue weighted by Gasteiger charge is 2.17. The van der Waals surface area contributed by atoms with Crippen molar-refractivity contribution in [3.8, 4) is 11.8 Å². The summed E-state index contributed by atoms with van der Waals surface area (Å²) in [5, 5.41) is 18.4. The van der Waals surface area contributed by atoms with Crippen LogP contribution in [0.5, 0.6) is 5.75 Å². The monoisotopic (exact) mass is 205 g/mol. The summed E-state index contributed by atoms with van der Waals surface area (Å²) in [6.07, 6.45) is 0.486. The number of carbonyl (C=O) groups is 1. The third kappa shape index (κ3) is 1.91. The van der Waals surface area contributed by atoms with Crippen LogP contribution in [0.4, 0.5) is 0 Å². The average Bonchev–Trinajstić information content (AvgIpc) is 2.27. The molecule has 0 aliphatic carbocycles. The van der Waals surface area contributed by atoms with Crippen LogP contribution >= 0.6 is 0 Å². The Hall–Kier alpha value is -2.02. The molecule has 0 amide bonds. The highest BCUT2D eigenvalue weighted by molar-refractivity contribution is 5.93. The zero-order chi connectivity index (χ0) is 11.4. The van der Waals surface area contributed by atoms with Crippen LogP contribution in [0.2, 0.25) is 0 Å². The van der Waals surface area contributed by atoms with E-state index < -0.39 is 5.97 Å². The maximum absolute atomic E-state index is 11.3. The van der Waals surface area contributed by atoms with Crippen molar-refractivity contribution < 1.29 is 14.6 Å². The number of nitrogens with zero attached hydrogens (tertiary/aromatic N) is 1. The van der Waals surface area contributed by atoms with E-state index in [9.17, 15) is 9.90 Å². The maximum atomic E-state index is 11.3. The first-order valence-corrected chi connectivity index (χ1v) is 4.49. The van der Waals surface area contributed by atoms with Crippen molar-refractivity contribution in [2.75, 3.05) is 7.11 Å². The molecule has 0 saturated heterocycles. The highest BCUT2D eigenvalue weighted by Crippen LogP contribution is 2.24. The summed E-state index contributed by atoms with van der Waals surface area (Å²) in [4.78, 5) is 11.3. The fourth-order valence-electron chi connectivity index (χ4n) is 1.40. The van der Waals surface area contributed by atoms with Crippen molar-refractivity contribution in [1.29, 1.82) is 5.26 Å². The molecule has 1 aromatic rings. The molecule has 15 heavy (non-hydrogen) atoms. The van der Waals surface area contributed by atoms with Crippen LogP contribution in [-0.2, 0) is 11.2 Å². The number of carbonyl (C=O) groups excluding carboxylic acids is 1. The van der Waals surface area contributed by atoms with E-state index in [1.165, 1.54) is 19.2 Å². The molecular weight excluding hydrogens is 194 g/mol. The molecule has 1 N–H and O–H groups in total. The predicted molar refractivity (Wildman–Crippen MR) is 53.5 cm³/mol. The highest BCUT2D eigenvalue weighted by atomic mass is 16.5. The van der Waals surface area contributed by atoms with Crippen molar-refractivity contribution in [3.05, 3.63) is 28.8 Å². The first-order chi connectivity index (χ1) is 7.15. The van der Waals surface area contributed by atoms with Gasteiger partial charge in [-0.3, -0.25) is 0 Å². The average molecular weight is 205 g/mol. The molecule has 0 fully saturated rings. The fraction of sp³-hybridized carbons (Fsp3) is 0.273. The lowest BCUT2D eigenvalue weighted by Gasteiger charge is -2.08. The molecule has 0 bridgehead atoms. The summed E-state index contributed by atoms with van der Waals surface area (Å²) in [7, 11) is 1.25. The number of hydrogen-bond donors (Lipinski definition) is 1. The van der Waals surface area contributed by atoms with E-state index in [0.29, 0.717) is 12.0 Å². The lowest BCUT2D eigenvalue weighted by molar-refractivity contribution is 0.0600. The van der Waals surface area contributed by atoms with Crippen molar-refractivity contribution in [2.45, 2.75) is 13.3 Å². The van der Waals surface area contributed by atoms with Gasteiger partial charge in [0, 0.05) is 5.56 Å². The summed E-state index contributed by atoms with van der Waals surface area (Å²) in [5.74, 6) is -0.539. The molecule has 1 rings (SSSR count). The Morgan fingerprint density at radius 1 is 1.60 bits per heavy atom. The lowest BCUT2D eigenvalue weighted by atomic mass is 9.99. The normalized spacial score (nSPS) is 9.40. The van der Waals surface area contributed by atoms with E-state index in [-0.39, 0.29) is 16.9 Å². The Kier molecular flexibility index (Phi) is 3.29. The topological polar surface area (TPSA) is 70.3 Å². The fourth-order valence-corrected chi connectivity index (χ4v) is 1.40. The smallest absolute Gasteiger partial charge is 0.339 e. The number of aromatic hydroxyl groups is 1. The van der Waals surface area contributed by atoms with E-state index in [4.69, 9.17) is 5.26 Å². The van der Waals surface area contributed by atoms with Crippen molar-refractivity contribution in [1.82, 2.24) is 0 Å². The molecule has 0 radical (unpaired) electrons. The largest absolute Gasteiger partial charge is 0.508 e. The number of benzene rings is 1. The van der Waals surface area contributed by atoms with Crippen LogP contribution in [0.25, 0.3) is 0 Å². The molecule has 0 atom stereocenters. The molecule has 0 unspecified atom stereocenters. The standard InChI is InChI=1S/C11H11NO3/c1-3-7-9(6-12)8(11(14)15-2)4-5-10(7)13/h4-5,13H,3H2,1-2H3. The van der Waals surface area contributed by atoms with Gasteiger partial charge in [0.05, 0.1) is 18.2 Å². The predicted octanol–water partition coefficient (Wildman–Crippen LogP) is 1.61. The van der Waals surface area contributed by atoms with Crippen LogP contribution < -0.4 is 0 Å². The van der Waals surface area contributed by atoms with Crippen LogP contribution in [0.15, 0.2) is 12.1 Å². The van der Waals surface area contributed by atoms with Crippen LogP contribution in [0, 0.1) is 11.3 Å². The summed E-state index contributed by atoms with van der Waals surface area (Å²) in [5.41, 5.74) is 0.847. The second kappa shape index (κ2) is 4.47. The van der Waals surface area contributed by atoms with Gasteiger partial charge in [0.25, 0.3) is 0 Å². The number of esters is 1. The summed E-state index contributed by atoms with van der Waals surface area (Å²) in [6.45, 7) is 1.80. The zero-order valence-corrected chi connectivity index (χ0v) is 8.57. The molecule has 0 aliphatic rings. The summed E-state index contributed by atoms with van der Waals surface area (Å²) in [6, 6.07) is 4.69. The van der Waals surface area contributed by atoms with Gasteiger partial charge in [-0.15, -0.1) is 0 Å². The van der Waals surface area contributed by atoms with E-state index >= 15 is 0 Å². The molecule has 0 aromatic heterocycles. The van der Waals surface area contributed by atoms with Crippen LogP contribution in [0.3, 0.4) is 0 Å². The van der Waals surface area contributed by atoms with Gasteiger partial charge in [0.2, 0.25) is 0 Å². The first-order valence-electron chi connectivity index (χ1n) is 4.49. The third-order valence-electron chi connectivity index (χ3n) is 2.16. The van der Waals surface area contributed by atoms with Gasteiger partial charge in [0.1, 0.15) is 11.8 Å². The molecule has 0 aliphatic heterocycles. The molecule has 0 saturated carbocycles. The number of phenolic OH excluding ortho intramolecular Hbond substituents is 1. The van der Waals surface area contributed by atoms with Crippen molar-refractivity contribution in [2.24, 2.45) is 0 Å². The number of phenols is 1. The van der Waals surface area contributed by atoms with Gasteiger partial charge in [-0.2, -0.15) is 5.26 Å². The minimum atomic E-state index is -0.568. The lowest BCUT2D eigenvalue weighted by Crippen LogP contribution is -2.06. The number of hydrogen-bond acceptors (Lipinski definition) is 4. The Balaban J connectivity index is 3.43. The number of nitriles is 1. The van der Waals surface area contributed by atoms with Crippen LogP contribution in [-0.4, -0.2) is 18.2 Å². The number of methoxy groups -OCH3 is 1. The molecule has 1 aromatic carbocycles. The number of rotatable bonds is 2. The van der Waals surface area contributed by atoms with Gasteiger partial charge in [-0.25, -0.2) is 4.79 Å². The van der Waals surface area contributed by atoms with Gasteiger partial charge in [0.15, 0.2) is 0 Å². The van der Waals surface area contributed by atoms with Gasteiger partial charge in [-0.05, 0) is 18.6 Å². The molecule has 0 spiro atoms. The van der Waals surface area contributed by atoms with Crippen LogP contribution in [0.1, 0.15) is 28.4 Å². The molecular formula is C11H11NO3. The minimum Gasteiger partial charge on any atom is -0.508 e. The Morgan fingerprint density at radius 2 is 2.27 bits per heavy atom. The maximum Gasteiger partial charge on any atom is 0.339 e. The number of ether oxygens (including phenoxy) is 1. The second-order valence-corrected chi connectivity index (χ2v) is 2.94. The van der Waals surface area contributed by atoms with Gasteiger partial charge >= 0.3 is 5.97 Å². The molecule has 4 heteroatoms. The minimum absolute atomic E-state index is 0.0294. The SMILES string of the molecule is CCc1c(O)ccc(C(=O)OC)c1C#N. The van der Waals surface area contributed by atoms with Crippen molar-refractivity contribution in [3.63, 3.8) is 0 Å². The Morgan fingerprint density at radius 3 is 2.73 bits per heavy atom. The quantitative estimate of drug-likeness (QED) is 0.744. The van der Waals surface area contributed by atoms with Gasteiger partial charge < -0.3 is 9.84 Å². The third-order valence-corrected chi connectivity index (χ3v) is 2.16.